The Bertz CT molecular complexity index is 2930. The maximum absolute atomic E-state index is 13.8. The highest BCUT2D eigenvalue weighted by Crippen LogP contribution is 2.28. The van der Waals surface area contributed by atoms with Gasteiger partial charge < -0.3 is 52.1 Å². The molecule has 0 radical (unpaired) electrons. The number of carbonyl (C=O) groups excluding carboxylic acids is 7. The third-order valence-electron chi connectivity index (χ3n) is 13.1. The van der Waals surface area contributed by atoms with Crippen LogP contribution in [-0.2, 0) is 33.3 Å². The van der Waals surface area contributed by atoms with Crippen molar-refractivity contribution in [2.75, 3.05) is 52.9 Å². The lowest BCUT2D eigenvalue weighted by atomic mass is 10.1. The Hall–Kier alpha value is -9.19. The Labute approximate surface area is 509 Å². The number of rotatable bonds is 44. The molecule has 0 bridgehead atoms. The topological polar surface area (TPSA) is 221 Å². The van der Waals surface area contributed by atoms with Crippen molar-refractivity contribution < 1.29 is 85.7 Å². The van der Waals surface area contributed by atoms with Crippen LogP contribution in [0.3, 0.4) is 0 Å². The van der Waals surface area contributed by atoms with E-state index in [1.807, 2.05) is 0 Å². The molecule has 0 amide bonds. The van der Waals surface area contributed by atoms with E-state index in [4.69, 9.17) is 52.1 Å². The van der Waals surface area contributed by atoms with Crippen molar-refractivity contribution in [1.29, 1.82) is 0 Å². The minimum Gasteiger partial charge on any atom is -0.494 e. The molecule has 87 heavy (non-hydrogen) atoms. The molecular weight excluding hydrogens is 1120 g/mol. The van der Waals surface area contributed by atoms with E-state index in [2.05, 4.69) is 19.7 Å². The molecule has 0 aliphatic rings. The number of esters is 7. The zero-order valence-electron chi connectivity index (χ0n) is 49.6. The van der Waals surface area contributed by atoms with Crippen molar-refractivity contribution in [3.8, 4) is 40.2 Å². The van der Waals surface area contributed by atoms with Crippen molar-refractivity contribution in [3.63, 3.8) is 0 Å². The molecule has 5 rings (SSSR count). The number of unbranched alkanes of at least 4 members (excludes halogenated alkanes) is 15. The molecule has 18 nitrogen and oxygen atoms in total. The van der Waals surface area contributed by atoms with E-state index in [0.29, 0.717) is 68.2 Å². The van der Waals surface area contributed by atoms with Gasteiger partial charge in [-0.25, -0.2) is 33.6 Å². The maximum atomic E-state index is 13.8. The fourth-order valence-electron chi connectivity index (χ4n) is 8.35. The van der Waals surface area contributed by atoms with Crippen LogP contribution in [0.1, 0.15) is 157 Å². The van der Waals surface area contributed by atoms with Gasteiger partial charge in [0.15, 0.2) is 0 Å². The van der Waals surface area contributed by atoms with Crippen molar-refractivity contribution in [1.82, 2.24) is 0 Å². The maximum Gasteiger partial charge on any atom is 0.343 e. The summed E-state index contributed by atoms with van der Waals surface area (Å²) in [6, 6.07) is 29.8. The van der Waals surface area contributed by atoms with Crippen LogP contribution < -0.4 is 33.2 Å². The van der Waals surface area contributed by atoms with E-state index in [0.717, 1.165) is 134 Å². The lowest BCUT2D eigenvalue weighted by molar-refractivity contribution is -0.138. The summed E-state index contributed by atoms with van der Waals surface area (Å²) >= 11 is 0. The summed E-state index contributed by atoms with van der Waals surface area (Å²) in [5, 5.41) is 0. The first-order chi connectivity index (χ1) is 42.4. The van der Waals surface area contributed by atoms with Crippen LogP contribution in [0.15, 0.2) is 153 Å². The van der Waals surface area contributed by atoms with Gasteiger partial charge in [0, 0.05) is 18.2 Å². The van der Waals surface area contributed by atoms with E-state index < -0.39 is 41.8 Å². The molecule has 18 heteroatoms. The van der Waals surface area contributed by atoms with Gasteiger partial charge in [0.1, 0.15) is 59.0 Å². The Kier molecular flexibility index (Phi) is 32.3. The largest absolute Gasteiger partial charge is 0.494 e. The predicted molar refractivity (Wildman–Crippen MR) is 326 cm³/mol. The molecule has 0 aliphatic heterocycles. The molecule has 464 valence electrons. The van der Waals surface area contributed by atoms with Crippen LogP contribution in [-0.4, -0.2) is 94.6 Å². The van der Waals surface area contributed by atoms with Gasteiger partial charge in [-0.2, -0.15) is 0 Å². The van der Waals surface area contributed by atoms with Crippen LogP contribution in [0.5, 0.6) is 40.2 Å². The van der Waals surface area contributed by atoms with Crippen LogP contribution in [0, 0.1) is 0 Å². The predicted octanol–water partition coefficient (Wildman–Crippen LogP) is 13.9. The average molecular weight is 1200 g/mol. The first-order valence-corrected chi connectivity index (χ1v) is 29.7. The molecule has 5 aromatic carbocycles. The second-order valence-corrected chi connectivity index (χ2v) is 19.9. The van der Waals surface area contributed by atoms with Crippen molar-refractivity contribution in [2.24, 2.45) is 0 Å². The lowest BCUT2D eigenvalue weighted by Gasteiger charge is -2.13. The summed E-state index contributed by atoms with van der Waals surface area (Å²) in [5.41, 5.74) is 0.548. The molecule has 0 unspecified atom stereocenters. The number of carbonyl (C=O) groups is 7. The highest BCUT2D eigenvalue weighted by Gasteiger charge is 2.21. The molecule has 0 saturated carbocycles. The van der Waals surface area contributed by atoms with Gasteiger partial charge >= 0.3 is 41.8 Å². The normalized spacial score (nSPS) is 10.6. The zero-order chi connectivity index (χ0) is 62.1. The van der Waals surface area contributed by atoms with Crippen LogP contribution in [0.25, 0.3) is 0 Å². The summed E-state index contributed by atoms with van der Waals surface area (Å²) in [5.74, 6) is -1.87. The van der Waals surface area contributed by atoms with Crippen molar-refractivity contribution in [2.45, 2.75) is 116 Å². The van der Waals surface area contributed by atoms with Crippen molar-refractivity contribution >= 4 is 41.8 Å². The van der Waals surface area contributed by atoms with E-state index in [1.54, 1.807) is 97.1 Å². The Morgan fingerprint density at radius 2 is 0.563 bits per heavy atom. The number of benzene rings is 5. The molecule has 0 N–H and O–H groups in total. The third-order valence-corrected chi connectivity index (χ3v) is 13.1. The third kappa shape index (κ3) is 28.0. The van der Waals surface area contributed by atoms with Crippen molar-refractivity contribution in [3.05, 3.63) is 175 Å². The first kappa shape index (κ1) is 68.6. The molecule has 0 aliphatic carbocycles. The minimum atomic E-state index is -0.890. The van der Waals surface area contributed by atoms with Gasteiger partial charge in [-0.3, -0.25) is 0 Å². The van der Waals surface area contributed by atoms with Gasteiger partial charge in [-0.05, 0) is 167 Å². The Morgan fingerprint density at radius 3 is 0.931 bits per heavy atom. The Balaban J connectivity index is 1.09. The minimum absolute atomic E-state index is 0.0156. The smallest absolute Gasteiger partial charge is 0.343 e. The van der Waals surface area contributed by atoms with Crippen LogP contribution >= 0.6 is 0 Å². The monoisotopic (exact) mass is 1200 g/mol. The fourth-order valence-corrected chi connectivity index (χ4v) is 8.35. The molecular formula is C69H80O18. The average Bonchev–Trinajstić information content (AvgIpc) is 2.81. The summed E-state index contributed by atoms with van der Waals surface area (Å²) in [6.45, 7) is 12.5. The summed E-state index contributed by atoms with van der Waals surface area (Å²) in [6.07, 6.45) is 20.6. The quantitative estimate of drug-likeness (QED) is 0.0116. The van der Waals surface area contributed by atoms with Gasteiger partial charge in [0.05, 0.1) is 56.3 Å². The fraction of sp³-hybridized carbons (Fsp3) is 0.377. The SMILES string of the molecule is C=CC(=O)OCCCCCCCCCOc1ccc(C(=O)Oc2ccc(OC(=O)c3ccc(OCCCCCCCCCOC(=O)C=C)cc3)c(C(=O)OCCOc3ccc(OC(=O)c4ccc(OCCCCCCOC(=O)C=C)cc4)cc3)c2)cc1. The molecule has 0 fully saturated rings. The number of hydrogen-bond acceptors (Lipinski definition) is 18. The highest BCUT2D eigenvalue weighted by atomic mass is 16.6. The highest BCUT2D eigenvalue weighted by molar-refractivity contribution is 5.97. The van der Waals surface area contributed by atoms with Gasteiger partial charge in [0.25, 0.3) is 0 Å². The summed E-state index contributed by atoms with van der Waals surface area (Å²) in [4.78, 5) is 86.9. The second-order valence-electron chi connectivity index (χ2n) is 19.9. The van der Waals surface area contributed by atoms with Gasteiger partial charge in [0.2, 0.25) is 0 Å². The van der Waals surface area contributed by atoms with E-state index in [1.165, 1.54) is 18.2 Å². The number of hydrogen-bond donors (Lipinski definition) is 0. The lowest BCUT2D eigenvalue weighted by Crippen LogP contribution is -2.16. The second kappa shape index (κ2) is 41.0. The Morgan fingerprint density at radius 1 is 0.276 bits per heavy atom. The van der Waals surface area contributed by atoms with E-state index in [9.17, 15) is 33.6 Å². The molecule has 0 aromatic heterocycles. The standard InChI is InChI=1S/C69H80O18/c1-4-63(70)81-46-22-15-11-7-9-13-19-43-77-56-33-27-53(28-34-56)67(74)86-60-41-42-62(87-68(75)54-29-35-57(36-30-54)78-44-20-14-10-8-12-16-23-47-82-64(71)5-2)61(51-60)69(76)84-50-49-80-58-37-39-59(40-38-58)85-66(73)52-25-31-55(32-26-52)79-45-21-17-18-24-48-83-65(72)6-3/h4-6,25-42,51H,1-3,7-24,43-50H2. The molecule has 0 spiro atoms. The molecule has 0 saturated heterocycles. The van der Waals surface area contributed by atoms with E-state index in [-0.39, 0.29) is 47.2 Å². The van der Waals surface area contributed by atoms with Crippen LogP contribution in [0.4, 0.5) is 0 Å². The zero-order valence-corrected chi connectivity index (χ0v) is 49.6. The molecule has 0 atom stereocenters. The molecule has 5 aromatic rings. The van der Waals surface area contributed by atoms with Gasteiger partial charge in [-0.1, -0.05) is 83.9 Å². The molecule has 0 heterocycles. The summed E-state index contributed by atoms with van der Waals surface area (Å²) < 4.78 is 60.9. The number of ether oxygens (including phenoxy) is 11. The first-order valence-electron chi connectivity index (χ1n) is 29.7. The summed E-state index contributed by atoms with van der Waals surface area (Å²) in [7, 11) is 0. The van der Waals surface area contributed by atoms with Crippen LogP contribution in [0.2, 0.25) is 0 Å². The van der Waals surface area contributed by atoms with Gasteiger partial charge in [-0.15, -0.1) is 0 Å². The van der Waals surface area contributed by atoms with E-state index >= 15 is 0 Å².